The van der Waals surface area contributed by atoms with Crippen LogP contribution in [0.25, 0.3) is 0 Å². The van der Waals surface area contributed by atoms with Gasteiger partial charge in [-0.05, 0) is 30.9 Å². The molecule has 1 aliphatic rings. The van der Waals surface area contributed by atoms with Gasteiger partial charge in [-0.3, -0.25) is 0 Å². The molecule has 2 rings (SSSR count). The summed E-state index contributed by atoms with van der Waals surface area (Å²) in [7, 11) is -0.472. The first-order valence-electron chi connectivity index (χ1n) is 7.16. The van der Waals surface area contributed by atoms with Crippen molar-refractivity contribution in [3.05, 3.63) is 17.9 Å². The Labute approximate surface area is 121 Å². The number of hydrogen-bond donors (Lipinski definition) is 1. The zero-order valence-electron chi connectivity index (χ0n) is 12.4. The van der Waals surface area contributed by atoms with Crippen LogP contribution in [0, 0.1) is 5.92 Å². The maximum absolute atomic E-state index is 11.9. The molecule has 1 N–H and O–H groups in total. The number of hydrogen-bond acceptors (Lipinski definition) is 4. The third kappa shape index (κ3) is 3.42. The van der Waals surface area contributed by atoms with E-state index in [1.54, 1.807) is 6.07 Å². The third-order valence-electron chi connectivity index (χ3n) is 4.02. The quantitative estimate of drug-likeness (QED) is 0.905. The second kappa shape index (κ2) is 6.28. The van der Waals surface area contributed by atoms with E-state index in [1.807, 2.05) is 0 Å². The summed E-state index contributed by atoms with van der Waals surface area (Å²) in [6.45, 7) is 2.85. The minimum absolute atomic E-state index is 0.0102. The van der Waals surface area contributed by atoms with E-state index in [-0.39, 0.29) is 5.09 Å². The minimum atomic E-state index is -3.47. The van der Waals surface area contributed by atoms with Gasteiger partial charge in [0.1, 0.15) is 5.76 Å². The van der Waals surface area contributed by atoms with E-state index in [1.165, 1.54) is 45.8 Å². The lowest BCUT2D eigenvalue weighted by Gasteiger charge is -2.29. The zero-order chi connectivity index (χ0) is 14.8. The normalized spacial score (nSPS) is 24.2. The van der Waals surface area contributed by atoms with Crippen LogP contribution in [0.1, 0.15) is 38.4 Å². The van der Waals surface area contributed by atoms with Crippen molar-refractivity contribution in [2.24, 2.45) is 5.92 Å². The average molecular weight is 300 g/mol. The van der Waals surface area contributed by atoms with Gasteiger partial charge in [-0.2, -0.15) is 0 Å². The largest absolute Gasteiger partial charge is 0.447 e. The Morgan fingerprint density at radius 3 is 2.65 bits per heavy atom. The van der Waals surface area contributed by atoms with Gasteiger partial charge in [0.15, 0.2) is 0 Å². The number of rotatable bonds is 5. The van der Waals surface area contributed by atoms with Crippen molar-refractivity contribution in [2.45, 2.75) is 50.3 Å². The van der Waals surface area contributed by atoms with Gasteiger partial charge in [0.25, 0.3) is 10.0 Å². The molecular weight excluding hydrogens is 276 g/mol. The van der Waals surface area contributed by atoms with Gasteiger partial charge in [0.2, 0.25) is 5.09 Å². The number of sulfonamides is 1. The molecule has 5 nitrogen and oxygen atoms in total. The first-order valence-corrected chi connectivity index (χ1v) is 8.60. The van der Waals surface area contributed by atoms with E-state index >= 15 is 0 Å². The molecule has 1 saturated carbocycles. The molecule has 1 heterocycles. The highest BCUT2D eigenvalue weighted by Gasteiger charge is 2.23. The molecule has 0 spiro atoms. The van der Waals surface area contributed by atoms with Crippen LogP contribution in [0.4, 0.5) is 0 Å². The van der Waals surface area contributed by atoms with E-state index in [4.69, 9.17) is 4.42 Å². The van der Waals surface area contributed by atoms with Crippen molar-refractivity contribution >= 4 is 10.0 Å². The molecule has 0 bridgehead atoms. The highest BCUT2D eigenvalue weighted by molar-refractivity contribution is 7.88. The van der Waals surface area contributed by atoms with Gasteiger partial charge in [-0.25, -0.2) is 12.7 Å². The van der Waals surface area contributed by atoms with Gasteiger partial charge in [-0.1, -0.05) is 19.8 Å². The molecule has 2 unspecified atom stereocenters. The lowest BCUT2D eigenvalue weighted by atomic mass is 9.86. The zero-order valence-corrected chi connectivity index (χ0v) is 13.2. The topological polar surface area (TPSA) is 62.6 Å². The summed E-state index contributed by atoms with van der Waals surface area (Å²) in [5.41, 5.74) is 0. The third-order valence-corrected chi connectivity index (χ3v) is 5.71. The highest BCUT2D eigenvalue weighted by Crippen LogP contribution is 2.24. The second-order valence-electron chi connectivity index (χ2n) is 5.76. The molecule has 0 saturated heterocycles. The van der Waals surface area contributed by atoms with Gasteiger partial charge in [-0.15, -0.1) is 0 Å². The minimum Gasteiger partial charge on any atom is -0.447 e. The Morgan fingerprint density at radius 1 is 1.30 bits per heavy atom. The van der Waals surface area contributed by atoms with E-state index < -0.39 is 10.0 Å². The molecule has 6 heteroatoms. The molecule has 0 aromatic carbocycles. The predicted molar refractivity (Wildman–Crippen MR) is 77.8 cm³/mol. The van der Waals surface area contributed by atoms with E-state index in [2.05, 4.69) is 12.2 Å². The molecule has 2 atom stereocenters. The smallest absolute Gasteiger partial charge is 0.275 e. The van der Waals surface area contributed by atoms with Crippen LogP contribution in [0.3, 0.4) is 0 Å². The summed E-state index contributed by atoms with van der Waals surface area (Å²) in [5.74, 6) is 1.34. The Balaban J connectivity index is 1.96. The number of nitrogens with zero attached hydrogens (tertiary/aromatic N) is 1. The van der Waals surface area contributed by atoms with Crippen molar-refractivity contribution in [2.75, 3.05) is 14.1 Å². The standard InChI is InChI=1S/C14H24N2O3S/c1-11-6-4-5-7-13(11)15-10-12-8-9-14(19-12)20(17,18)16(2)3/h8-9,11,13,15H,4-7,10H2,1-3H3. The SMILES string of the molecule is CC1CCCCC1NCc1ccc(S(=O)(=O)N(C)C)o1. The van der Waals surface area contributed by atoms with Crippen LogP contribution in [0.5, 0.6) is 0 Å². The monoisotopic (exact) mass is 300 g/mol. The predicted octanol–water partition coefficient (Wildman–Crippen LogP) is 2.20. The van der Waals surface area contributed by atoms with Crippen LogP contribution in [-0.2, 0) is 16.6 Å². The van der Waals surface area contributed by atoms with Crippen molar-refractivity contribution < 1.29 is 12.8 Å². The molecule has 0 radical (unpaired) electrons. The maximum atomic E-state index is 11.9. The first-order chi connectivity index (χ1) is 9.41. The van der Waals surface area contributed by atoms with Crippen LogP contribution in [0.2, 0.25) is 0 Å². The Bertz CT molecular complexity index is 536. The van der Waals surface area contributed by atoms with Gasteiger partial charge in [0, 0.05) is 20.1 Å². The Hall–Kier alpha value is -0.850. The van der Waals surface area contributed by atoms with Crippen LogP contribution < -0.4 is 5.32 Å². The molecule has 1 aromatic heterocycles. The van der Waals surface area contributed by atoms with Crippen molar-refractivity contribution in [3.63, 3.8) is 0 Å². The molecular formula is C14H24N2O3S. The fraction of sp³-hybridized carbons (Fsp3) is 0.714. The van der Waals surface area contributed by atoms with E-state index in [9.17, 15) is 8.42 Å². The summed E-state index contributed by atoms with van der Waals surface area (Å²) < 4.78 is 30.4. The summed E-state index contributed by atoms with van der Waals surface area (Å²) in [6.07, 6.45) is 5.02. The van der Waals surface area contributed by atoms with Gasteiger partial charge < -0.3 is 9.73 Å². The summed E-state index contributed by atoms with van der Waals surface area (Å²) in [4.78, 5) is 0. The molecule has 1 aliphatic carbocycles. The second-order valence-corrected chi connectivity index (χ2v) is 7.84. The summed E-state index contributed by atoms with van der Waals surface area (Å²) >= 11 is 0. The average Bonchev–Trinajstić information content (AvgIpc) is 2.87. The molecule has 114 valence electrons. The fourth-order valence-electron chi connectivity index (χ4n) is 2.62. The van der Waals surface area contributed by atoms with Crippen molar-refractivity contribution in [1.82, 2.24) is 9.62 Å². The van der Waals surface area contributed by atoms with Crippen molar-refractivity contribution in [1.29, 1.82) is 0 Å². The van der Waals surface area contributed by atoms with E-state index in [0.717, 1.165) is 4.31 Å². The lowest BCUT2D eigenvalue weighted by molar-refractivity contribution is 0.269. The number of nitrogens with one attached hydrogen (secondary N) is 1. The van der Waals surface area contributed by atoms with Gasteiger partial charge in [0.05, 0.1) is 6.54 Å². The molecule has 1 fully saturated rings. The maximum Gasteiger partial charge on any atom is 0.275 e. The Morgan fingerprint density at radius 2 is 2.00 bits per heavy atom. The number of furan rings is 1. The van der Waals surface area contributed by atoms with Crippen LogP contribution in [-0.4, -0.2) is 32.9 Å². The van der Waals surface area contributed by atoms with E-state index in [0.29, 0.717) is 24.3 Å². The first kappa shape index (κ1) is 15.5. The summed E-state index contributed by atoms with van der Waals surface area (Å²) in [5, 5.41) is 3.49. The lowest BCUT2D eigenvalue weighted by Crippen LogP contribution is -2.36. The van der Waals surface area contributed by atoms with Crippen LogP contribution >= 0.6 is 0 Å². The van der Waals surface area contributed by atoms with Crippen molar-refractivity contribution in [3.8, 4) is 0 Å². The summed E-state index contributed by atoms with van der Waals surface area (Å²) in [6, 6.07) is 3.76. The Kier molecular flexibility index (Phi) is 4.88. The fourth-order valence-corrected chi connectivity index (χ4v) is 3.44. The molecule has 0 aliphatic heterocycles. The van der Waals surface area contributed by atoms with Crippen LogP contribution in [0.15, 0.2) is 21.6 Å². The molecule has 20 heavy (non-hydrogen) atoms. The molecule has 1 aromatic rings. The highest BCUT2D eigenvalue weighted by atomic mass is 32.2. The molecule has 0 amide bonds. The van der Waals surface area contributed by atoms with Gasteiger partial charge >= 0.3 is 0 Å².